The zero-order chi connectivity index (χ0) is 17.3. The molecule has 3 rings (SSSR count). The summed E-state index contributed by atoms with van der Waals surface area (Å²) in [6.07, 6.45) is 2.47. The maximum atomic E-state index is 12.4. The van der Waals surface area contributed by atoms with E-state index in [1.807, 2.05) is 0 Å². The molecule has 0 bridgehead atoms. The van der Waals surface area contributed by atoms with Crippen molar-refractivity contribution in [3.63, 3.8) is 0 Å². The Balaban J connectivity index is 1.74. The Morgan fingerprint density at radius 3 is 2.83 bits per heavy atom. The number of nitrogens with zero attached hydrogens (tertiary/aromatic N) is 1. The van der Waals surface area contributed by atoms with Crippen molar-refractivity contribution in [2.24, 2.45) is 5.92 Å². The minimum Gasteiger partial charge on any atom is -0.423 e. The van der Waals surface area contributed by atoms with Gasteiger partial charge in [-0.2, -0.15) is 0 Å². The number of sulfonamides is 1. The van der Waals surface area contributed by atoms with Crippen LogP contribution < -0.4 is 10.9 Å². The molecule has 128 valence electrons. The van der Waals surface area contributed by atoms with Crippen LogP contribution in [0.4, 0.5) is 5.69 Å². The molecule has 0 spiro atoms. The summed E-state index contributed by atoms with van der Waals surface area (Å²) in [6.45, 7) is 0.657. The van der Waals surface area contributed by atoms with Crippen LogP contribution in [0.5, 0.6) is 0 Å². The van der Waals surface area contributed by atoms with E-state index < -0.39 is 15.6 Å². The highest BCUT2D eigenvalue weighted by molar-refractivity contribution is 7.88. The molecule has 7 nitrogen and oxygen atoms in total. The lowest BCUT2D eigenvalue weighted by molar-refractivity contribution is -0.120. The first-order valence-corrected chi connectivity index (χ1v) is 9.48. The van der Waals surface area contributed by atoms with Gasteiger partial charge in [0.05, 0.1) is 12.2 Å². The smallest absolute Gasteiger partial charge is 0.336 e. The molecule has 1 unspecified atom stereocenters. The van der Waals surface area contributed by atoms with Crippen LogP contribution in [-0.4, -0.2) is 38.0 Å². The number of carbonyl (C=O) groups excluding carboxylic acids is 1. The van der Waals surface area contributed by atoms with E-state index >= 15 is 0 Å². The Morgan fingerprint density at radius 2 is 2.08 bits per heavy atom. The molecule has 0 saturated carbocycles. The lowest BCUT2D eigenvalue weighted by Gasteiger charge is -2.30. The third kappa shape index (κ3) is 3.65. The van der Waals surface area contributed by atoms with Crippen LogP contribution in [0.3, 0.4) is 0 Å². The highest BCUT2D eigenvalue weighted by Crippen LogP contribution is 2.22. The van der Waals surface area contributed by atoms with E-state index in [1.165, 1.54) is 10.4 Å². The molecular formula is C16H18N2O5S. The fraction of sp³-hybridized carbons (Fsp3) is 0.375. The molecule has 1 aliphatic heterocycles. The average molecular weight is 350 g/mol. The molecule has 24 heavy (non-hydrogen) atoms. The molecule has 8 heteroatoms. The number of benzene rings is 1. The second-order valence-corrected chi connectivity index (χ2v) is 7.94. The van der Waals surface area contributed by atoms with Gasteiger partial charge in [0.15, 0.2) is 0 Å². The third-order valence-corrected chi connectivity index (χ3v) is 5.38. The second-order valence-electron chi connectivity index (χ2n) is 5.96. The Kier molecular flexibility index (Phi) is 4.42. The average Bonchev–Trinajstić information content (AvgIpc) is 2.54. The van der Waals surface area contributed by atoms with E-state index in [2.05, 4.69) is 5.32 Å². The van der Waals surface area contributed by atoms with Gasteiger partial charge in [0.2, 0.25) is 15.9 Å². The third-order valence-electron chi connectivity index (χ3n) is 4.11. The first-order chi connectivity index (χ1) is 11.3. The summed E-state index contributed by atoms with van der Waals surface area (Å²) in [5, 5.41) is 3.51. The fourth-order valence-electron chi connectivity index (χ4n) is 2.85. The van der Waals surface area contributed by atoms with Gasteiger partial charge in [-0.3, -0.25) is 4.79 Å². The number of rotatable bonds is 3. The number of fused-ring (bicyclic) bond motifs is 1. The van der Waals surface area contributed by atoms with Crippen molar-refractivity contribution >= 4 is 32.6 Å². The summed E-state index contributed by atoms with van der Waals surface area (Å²) < 4.78 is 29.7. The summed E-state index contributed by atoms with van der Waals surface area (Å²) in [7, 11) is -3.29. The minimum atomic E-state index is -3.29. The quantitative estimate of drug-likeness (QED) is 0.844. The van der Waals surface area contributed by atoms with Crippen molar-refractivity contribution < 1.29 is 17.6 Å². The van der Waals surface area contributed by atoms with Crippen LogP contribution in [0.1, 0.15) is 12.8 Å². The van der Waals surface area contributed by atoms with Crippen LogP contribution in [-0.2, 0) is 14.8 Å². The SMILES string of the molecule is CS(=O)(=O)N1CCCC(C(=O)Nc2ccc3oc(=O)ccc3c2)C1. The largest absolute Gasteiger partial charge is 0.423 e. The topological polar surface area (TPSA) is 96.7 Å². The van der Waals surface area contributed by atoms with Crippen LogP contribution >= 0.6 is 0 Å². The molecule has 1 amide bonds. The van der Waals surface area contributed by atoms with Crippen LogP contribution in [0, 0.1) is 5.92 Å². The summed E-state index contributed by atoms with van der Waals surface area (Å²) >= 11 is 0. The van der Waals surface area contributed by atoms with Gasteiger partial charge in [-0.15, -0.1) is 0 Å². The van der Waals surface area contributed by atoms with E-state index in [1.54, 1.807) is 24.3 Å². The summed E-state index contributed by atoms with van der Waals surface area (Å²) in [4.78, 5) is 23.6. The number of hydrogen-bond acceptors (Lipinski definition) is 5. The van der Waals surface area contributed by atoms with Crippen molar-refractivity contribution in [2.45, 2.75) is 12.8 Å². The van der Waals surface area contributed by atoms with Gasteiger partial charge in [0.25, 0.3) is 0 Å². The van der Waals surface area contributed by atoms with E-state index in [-0.39, 0.29) is 18.4 Å². The number of amides is 1. The minimum absolute atomic E-state index is 0.202. The lowest BCUT2D eigenvalue weighted by atomic mass is 9.98. The van der Waals surface area contributed by atoms with E-state index in [9.17, 15) is 18.0 Å². The molecule has 1 atom stereocenters. The van der Waals surface area contributed by atoms with Gasteiger partial charge in [-0.1, -0.05) is 0 Å². The molecule has 1 saturated heterocycles. The van der Waals surface area contributed by atoms with Crippen LogP contribution in [0.2, 0.25) is 0 Å². The summed E-state index contributed by atoms with van der Waals surface area (Å²) in [5.41, 5.74) is 0.599. The molecular weight excluding hydrogens is 332 g/mol. The molecule has 0 radical (unpaired) electrons. The summed E-state index contributed by atoms with van der Waals surface area (Å²) in [6, 6.07) is 7.94. The van der Waals surface area contributed by atoms with Gasteiger partial charge in [0.1, 0.15) is 5.58 Å². The molecule has 1 aliphatic rings. The molecule has 1 fully saturated rings. The second kappa shape index (κ2) is 6.37. The maximum Gasteiger partial charge on any atom is 0.336 e. The van der Waals surface area contributed by atoms with Crippen molar-refractivity contribution in [3.8, 4) is 0 Å². The summed E-state index contributed by atoms with van der Waals surface area (Å²) in [5.74, 6) is -0.585. The highest BCUT2D eigenvalue weighted by atomic mass is 32.2. The van der Waals surface area contributed by atoms with Crippen molar-refractivity contribution in [3.05, 3.63) is 40.8 Å². The van der Waals surface area contributed by atoms with Gasteiger partial charge in [0, 0.05) is 30.2 Å². The van der Waals surface area contributed by atoms with Crippen molar-refractivity contribution in [2.75, 3.05) is 24.7 Å². The highest BCUT2D eigenvalue weighted by Gasteiger charge is 2.30. The first kappa shape index (κ1) is 16.7. The van der Waals surface area contributed by atoms with Gasteiger partial charge in [-0.05, 0) is 37.1 Å². The van der Waals surface area contributed by atoms with E-state index in [0.29, 0.717) is 36.0 Å². The first-order valence-electron chi connectivity index (χ1n) is 7.63. The fourth-order valence-corrected chi connectivity index (χ4v) is 3.76. The Labute approximate surface area is 139 Å². The van der Waals surface area contributed by atoms with Crippen molar-refractivity contribution in [1.29, 1.82) is 0 Å². The molecule has 2 aromatic rings. The van der Waals surface area contributed by atoms with Gasteiger partial charge >= 0.3 is 5.63 Å². The number of nitrogens with one attached hydrogen (secondary N) is 1. The molecule has 2 heterocycles. The number of carbonyl (C=O) groups is 1. The van der Waals surface area contributed by atoms with E-state index in [4.69, 9.17) is 4.42 Å². The number of anilines is 1. The maximum absolute atomic E-state index is 12.4. The van der Waals surface area contributed by atoms with E-state index in [0.717, 1.165) is 6.26 Å². The number of hydrogen-bond donors (Lipinski definition) is 1. The molecule has 1 aromatic heterocycles. The van der Waals surface area contributed by atoms with Crippen LogP contribution in [0.25, 0.3) is 11.0 Å². The molecule has 1 aromatic carbocycles. The monoisotopic (exact) mass is 350 g/mol. The van der Waals surface area contributed by atoms with Crippen LogP contribution in [0.15, 0.2) is 39.5 Å². The predicted octanol–water partition coefficient (Wildman–Crippen LogP) is 1.40. The predicted molar refractivity (Wildman–Crippen MR) is 90.3 cm³/mol. The zero-order valence-electron chi connectivity index (χ0n) is 13.2. The Bertz CT molecular complexity index is 935. The Hall–Kier alpha value is -2.19. The zero-order valence-corrected chi connectivity index (χ0v) is 14.0. The normalized spacial score (nSPS) is 19.3. The van der Waals surface area contributed by atoms with Crippen molar-refractivity contribution in [1.82, 2.24) is 4.31 Å². The molecule has 0 aliphatic carbocycles. The standard InChI is InChI=1S/C16H18N2O5S/c1-24(21,22)18-8-2-3-12(10-18)16(20)17-13-5-6-14-11(9-13)4-7-15(19)23-14/h4-7,9,12H,2-3,8,10H2,1H3,(H,17,20). The Morgan fingerprint density at radius 1 is 1.29 bits per heavy atom. The van der Waals surface area contributed by atoms with Gasteiger partial charge in [-0.25, -0.2) is 17.5 Å². The van der Waals surface area contributed by atoms with Gasteiger partial charge < -0.3 is 9.73 Å². The lowest BCUT2D eigenvalue weighted by Crippen LogP contribution is -2.43. The molecule has 1 N–H and O–H groups in total. The number of piperidine rings is 1.